The van der Waals surface area contributed by atoms with Crippen molar-refractivity contribution in [2.75, 3.05) is 5.32 Å². The zero-order valence-electron chi connectivity index (χ0n) is 13.3. The fourth-order valence-electron chi connectivity index (χ4n) is 2.19. The highest BCUT2D eigenvalue weighted by molar-refractivity contribution is 6.04. The van der Waals surface area contributed by atoms with E-state index in [-0.39, 0.29) is 17.1 Å². The fraction of sp³-hybridized carbons (Fsp3) is 0.0588. The van der Waals surface area contributed by atoms with Gasteiger partial charge in [-0.1, -0.05) is 18.2 Å². The van der Waals surface area contributed by atoms with Gasteiger partial charge in [-0.05, 0) is 37.3 Å². The predicted molar refractivity (Wildman–Crippen MR) is 93.8 cm³/mol. The monoisotopic (exact) mass is 337 g/mol. The zero-order valence-corrected chi connectivity index (χ0v) is 13.3. The number of azo groups is 1. The Balaban J connectivity index is 1.82. The Morgan fingerprint density at radius 2 is 1.80 bits per heavy atom. The van der Waals surface area contributed by atoms with Crippen molar-refractivity contribution >= 4 is 28.3 Å². The molecule has 8 heteroatoms. The molecular formula is C17H15N5O3. The largest absolute Gasteiger partial charge is 0.510 e. The number of imidazole rings is 1. The van der Waals surface area contributed by atoms with E-state index in [9.17, 15) is 14.7 Å². The third-order valence-corrected chi connectivity index (χ3v) is 3.35. The molecule has 0 aliphatic heterocycles. The van der Waals surface area contributed by atoms with Crippen LogP contribution in [0.25, 0.3) is 11.0 Å². The normalized spacial score (nSPS) is 12.4. The van der Waals surface area contributed by atoms with E-state index in [0.717, 1.165) is 0 Å². The minimum atomic E-state index is -0.614. The highest BCUT2D eigenvalue weighted by atomic mass is 16.3. The van der Waals surface area contributed by atoms with Gasteiger partial charge in [0.2, 0.25) is 0 Å². The van der Waals surface area contributed by atoms with Crippen molar-refractivity contribution in [1.82, 2.24) is 9.97 Å². The molecule has 0 saturated carbocycles. The van der Waals surface area contributed by atoms with Crippen molar-refractivity contribution in [3.05, 3.63) is 70.5 Å². The number of aromatic amines is 2. The maximum Gasteiger partial charge on any atom is 0.323 e. The lowest BCUT2D eigenvalue weighted by Crippen LogP contribution is -2.14. The molecule has 4 N–H and O–H groups in total. The number of carbonyl (C=O) groups excluding carboxylic acids is 1. The van der Waals surface area contributed by atoms with Crippen LogP contribution >= 0.6 is 0 Å². The van der Waals surface area contributed by atoms with Gasteiger partial charge in [-0.15, -0.1) is 5.11 Å². The number of carbonyl (C=O) groups is 1. The zero-order chi connectivity index (χ0) is 17.8. The first-order chi connectivity index (χ1) is 12.0. The van der Waals surface area contributed by atoms with Gasteiger partial charge in [0.15, 0.2) is 5.70 Å². The van der Waals surface area contributed by atoms with Gasteiger partial charge in [0.05, 0.1) is 16.7 Å². The number of allylic oxidation sites excluding steroid dienone is 1. The molecule has 0 radical (unpaired) electrons. The number of aliphatic hydroxyl groups is 1. The Kier molecular flexibility index (Phi) is 4.42. The van der Waals surface area contributed by atoms with Gasteiger partial charge in [-0.3, -0.25) is 4.79 Å². The topological polar surface area (TPSA) is 123 Å². The smallest absolute Gasteiger partial charge is 0.323 e. The maximum absolute atomic E-state index is 12.4. The second-order valence-electron chi connectivity index (χ2n) is 5.26. The van der Waals surface area contributed by atoms with Crippen LogP contribution in [0, 0.1) is 0 Å². The van der Waals surface area contributed by atoms with Crippen LogP contribution in [0.3, 0.4) is 0 Å². The Labute approximate surface area is 141 Å². The fourth-order valence-corrected chi connectivity index (χ4v) is 2.19. The summed E-state index contributed by atoms with van der Waals surface area (Å²) in [5.74, 6) is -0.870. The molecule has 0 saturated heterocycles. The molecule has 3 rings (SSSR count). The van der Waals surface area contributed by atoms with Crippen molar-refractivity contribution in [3.8, 4) is 0 Å². The number of hydrogen-bond donors (Lipinski definition) is 4. The van der Waals surface area contributed by atoms with Crippen molar-refractivity contribution in [2.24, 2.45) is 10.2 Å². The van der Waals surface area contributed by atoms with Crippen LogP contribution in [0.5, 0.6) is 0 Å². The molecule has 0 aliphatic rings. The van der Waals surface area contributed by atoms with Crippen LogP contribution in [-0.4, -0.2) is 21.0 Å². The van der Waals surface area contributed by atoms with E-state index >= 15 is 0 Å². The number of fused-ring (bicyclic) bond motifs is 1. The number of amides is 1. The maximum atomic E-state index is 12.4. The molecule has 0 atom stereocenters. The number of benzene rings is 2. The summed E-state index contributed by atoms with van der Waals surface area (Å²) in [6, 6.07) is 13.7. The molecule has 1 aromatic heterocycles. The molecule has 0 aliphatic carbocycles. The number of hydrogen-bond acceptors (Lipinski definition) is 5. The summed E-state index contributed by atoms with van der Waals surface area (Å²) in [7, 11) is 0. The first-order valence-electron chi connectivity index (χ1n) is 7.43. The SMILES string of the molecule is CC(O)=C(N=Nc1ccccc1)C(=O)Nc1ccc2[nH]c(=O)[nH]c2c1. The lowest BCUT2D eigenvalue weighted by atomic mass is 10.2. The van der Waals surface area contributed by atoms with E-state index in [2.05, 4.69) is 25.5 Å². The number of aliphatic hydroxyl groups excluding tert-OH is 1. The molecule has 1 amide bonds. The second kappa shape index (κ2) is 6.83. The minimum absolute atomic E-state index is 0.202. The molecule has 3 aromatic rings. The van der Waals surface area contributed by atoms with Crippen LogP contribution in [0.4, 0.5) is 11.4 Å². The Morgan fingerprint density at radius 3 is 2.52 bits per heavy atom. The molecule has 25 heavy (non-hydrogen) atoms. The number of anilines is 1. The number of rotatable bonds is 4. The predicted octanol–water partition coefficient (Wildman–Crippen LogP) is 3.37. The summed E-state index contributed by atoms with van der Waals surface area (Å²) < 4.78 is 0. The highest BCUT2D eigenvalue weighted by Gasteiger charge is 2.14. The Hall–Kier alpha value is -3.68. The molecule has 0 unspecified atom stereocenters. The Bertz CT molecular complexity index is 1030. The van der Waals surface area contributed by atoms with Gasteiger partial charge >= 0.3 is 5.69 Å². The van der Waals surface area contributed by atoms with E-state index in [1.54, 1.807) is 42.5 Å². The van der Waals surface area contributed by atoms with E-state index in [1.807, 2.05) is 6.07 Å². The van der Waals surface area contributed by atoms with Crippen LogP contribution < -0.4 is 11.0 Å². The molecule has 126 valence electrons. The molecule has 1 heterocycles. The minimum Gasteiger partial charge on any atom is -0.510 e. The lowest BCUT2D eigenvalue weighted by Gasteiger charge is -2.06. The van der Waals surface area contributed by atoms with E-state index in [4.69, 9.17) is 0 Å². The number of nitrogens with one attached hydrogen (secondary N) is 3. The second-order valence-corrected chi connectivity index (χ2v) is 5.26. The average Bonchev–Trinajstić information content (AvgIpc) is 2.95. The van der Waals surface area contributed by atoms with E-state index in [0.29, 0.717) is 22.4 Å². The summed E-state index contributed by atoms with van der Waals surface area (Å²) in [6.07, 6.45) is 0. The summed E-state index contributed by atoms with van der Waals surface area (Å²) in [5.41, 5.74) is 1.65. The molecule has 0 bridgehead atoms. The third-order valence-electron chi connectivity index (χ3n) is 3.35. The van der Waals surface area contributed by atoms with Crippen molar-refractivity contribution < 1.29 is 9.90 Å². The van der Waals surface area contributed by atoms with Gasteiger partial charge in [0.25, 0.3) is 5.91 Å². The molecular weight excluding hydrogens is 322 g/mol. The quantitative estimate of drug-likeness (QED) is 0.331. The van der Waals surface area contributed by atoms with Crippen molar-refractivity contribution in [2.45, 2.75) is 6.92 Å². The summed E-state index contributed by atoms with van der Waals surface area (Å²) in [5, 5.41) is 20.1. The summed E-state index contributed by atoms with van der Waals surface area (Å²) in [6.45, 7) is 1.35. The van der Waals surface area contributed by atoms with E-state index < -0.39 is 5.91 Å². The highest BCUT2D eigenvalue weighted by Crippen LogP contribution is 2.18. The first-order valence-corrected chi connectivity index (χ1v) is 7.43. The van der Waals surface area contributed by atoms with E-state index in [1.165, 1.54) is 6.92 Å². The summed E-state index contributed by atoms with van der Waals surface area (Å²) >= 11 is 0. The standard InChI is InChI=1S/C17H15N5O3/c1-10(23)15(22-21-11-5-3-2-4-6-11)16(24)18-12-7-8-13-14(9-12)20-17(25)19-13/h2-9,23H,1H3,(H,18,24)(H2,19,20,25). The van der Waals surface area contributed by atoms with Gasteiger partial charge in [0, 0.05) is 5.69 Å². The lowest BCUT2D eigenvalue weighted by molar-refractivity contribution is -0.113. The van der Waals surface area contributed by atoms with Crippen molar-refractivity contribution in [3.63, 3.8) is 0 Å². The third kappa shape index (κ3) is 3.81. The van der Waals surface area contributed by atoms with Crippen LogP contribution in [-0.2, 0) is 4.79 Å². The van der Waals surface area contributed by atoms with Gasteiger partial charge < -0.3 is 20.4 Å². The first kappa shape index (κ1) is 16.2. The van der Waals surface area contributed by atoms with Crippen LogP contribution in [0.1, 0.15) is 6.92 Å². The molecule has 0 spiro atoms. The van der Waals surface area contributed by atoms with Crippen LogP contribution in [0.2, 0.25) is 0 Å². The van der Waals surface area contributed by atoms with Crippen LogP contribution in [0.15, 0.2) is 75.0 Å². The summed E-state index contributed by atoms with van der Waals surface area (Å²) in [4.78, 5) is 28.8. The van der Waals surface area contributed by atoms with Gasteiger partial charge in [-0.25, -0.2) is 4.79 Å². The van der Waals surface area contributed by atoms with Gasteiger partial charge in [-0.2, -0.15) is 5.11 Å². The number of nitrogens with zero attached hydrogens (tertiary/aromatic N) is 2. The Morgan fingerprint density at radius 1 is 1.08 bits per heavy atom. The molecule has 2 aromatic carbocycles. The van der Waals surface area contributed by atoms with Crippen molar-refractivity contribution in [1.29, 1.82) is 0 Å². The number of aromatic nitrogens is 2. The average molecular weight is 337 g/mol. The molecule has 0 fully saturated rings. The molecule has 8 nitrogen and oxygen atoms in total. The van der Waals surface area contributed by atoms with Gasteiger partial charge in [0.1, 0.15) is 5.76 Å². The number of H-pyrrole nitrogens is 2.